The van der Waals surface area contributed by atoms with Gasteiger partial charge in [-0.2, -0.15) is 0 Å². The molecule has 1 heterocycles. The second kappa shape index (κ2) is 5.69. The lowest BCUT2D eigenvalue weighted by Gasteiger charge is -2.22. The van der Waals surface area contributed by atoms with Crippen LogP contribution < -0.4 is 5.32 Å². The summed E-state index contributed by atoms with van der Waals surface area (Å²) in [5.74, 6) is -0.0801. The maximum Gasteiger partial charge on any atom is 0.287 e. The summed E-state index contributed by atoms with van der Waals surface area (Å²) in [5, 5.41) is 12.4. The van der Waals surface area contributed by atoms with Gasteiger partial charge < -0.3 is 14.8 Å². The number of hydrogen-bond acceptors (Lipinski definition) is 3. The van der Waals surface area contributed by atoms with E-state index in [1.165, 1.54) is 0 Å². The molecule has 0 bridgehead atoms. The molecule has 0 saturated carbocycles. The molecule has 0 aromatic carbocycles. The summed E-state index contributed by atoms with van der Waals surface area (Å²) in [7, 11) is 0. The molecule has 1 amide bonds. The number of halogens is 1. The fraction of sp³-hybridized carbons (Fsp3) is 0.583. The Labute approximate surface area is 110 Å². The Kier molecular flexibility index (Phi) is 4.77. The van der Waals surface area contributed by atoms with Gasteiger partial charge in [0.05, 0.1) is 6.10 Å². The van der Waals surface area contributed by atoms with Crippen molar-refractivity contribution in [1.82, 2.24) is 5.32 Å². The Morgan fingerprint density at radius 1 is 1.53 bits per heavy atom. The molecule has 17 heavy (non-hydrogen) atoms. The SMILES string of the molecule is CC(C)(C)CC(O)CNC(=O)c1ccc(Br)o1. The van der Waals surface area contributed by atoms with E-state index >= 15 is 0 Å². The Balaban J connectivity index is 2.38. The van der Waals surface area contributed by atoms with Crippen molar-refractivity contribution < 1.29 is 14.3 Å². The van der Waals surface area contributed by atoms with E-state index in [4.69, 9.17) is 4.42 Å². The molecule has 2 N–H and O–H groups in total. The summed E-state index contributed by atoms with van der Waals surface area (Å²) >= 11 is 3.12. The van der Waals surface area contributed by atoms with E-state index in [2.05, 4.69) is 21.2 Å². The van der Waals surface area contributed by atoms with Crippen LogP contribution in [0.2, 0.25) is 0 Å². The van der Waals surface area contributed by atoms with Crippen LogP contribution in [0.15, 0.2) is 21.2 Å². The molecule has 5 heteroatoms. The molecule has 0 radical (unpaired) electrons. The Hall–Kier alpha value is -0.810. The summed E-state index contributed by atoms with van der Waals surface area (Å²) in [6.45, 7) is 6.36. The highest BCUT2D eigenvalue weighted by Gasteiger charge is 2.18. The first-order valence-corrected chi connectivity index (χ1v) is 6.29. The normalized spacial score (nSPS) is 13.5. The molecule has 0 saturated heterocycles. The first kappa shape index (κ1) is 14.3. The van der Waals surface area contributed by atoms with E-state index in [0.717, 1.165) is 0 Å². The molecule has 4 nitrogen and oxygen atoms in total. The maximum absolute atomic E-state index is 11.6. The average Bonchev–Trinajstić information content (AvgIpc) is 2.58. The molecular formula is C12H18BrNO3. The van der Waals surface area contributed by atoms with Gasteiger partial charge in [0, 0.05) is 6.54 Å². The topological polar surface area (TPSA) is 62.5 Å². The zero-order valence-electron chi connectivity index (χ0n) is 10.3. The number of nitrogens with one attached hydrogen (secondary N) is 1. The van der Waals surface area contributed by atoms with Crippen LogP contribution >= 0.6 is 15.9 Å². The second-order valence-corrected chi connectivity index (χ2v) is 6.01. The first-order valence-electron chi connectivity index (χ1n) is 5.49. The van der Waals surface area contributed by atoms with Crippen molar-refractivity contribution in [2.24, 2.45) is 5.41 Å². The number of carbonyl (C=O) groups is 1. The van der Waals surface area contributed by atoms with Crippen molar-refractivity contribution in [3.05, 3.63) is 22.6 Å². The van der Waals surface area contributed by atoms with Gasteiger partial charge in [-0.15, -0.1) is 0 Å². The van der Waals surface area contributed by atoms with Crippen LogP contribution in [0.1, 0.15) is 37.7 Å². The summed E-state index contributed by atoms with van der Waals surface area (Å²) in [6, 6.07) is 3.23. The summed E-state index contributed by atoms with van der Waals surface area (Å²) in [6.07, 6.45) is 0.0899. The minimum absolute atomic E-state index is 0.0395. The van der Waals surface area contributed by atoms with Crippen LogP contribution in [0.5, 0.6) is 0 Å². The van der Waals surface area contributed by atoms with Crippen molar-refractivity contribution in [1.29, 1.82) is 0 Å². The number of carbonyl (C=O) groups excluding carboxylic acids is 1. The van der Waals surface area contributed by atoms with Crippen LogP contribution in [0.25, 0.3) is 0 Å². The van der Waals surface area contributed by atoms with Crippen LogP contribution in [0.3, 0.4) is 0 Å². The van der Waals surface area contributed by atoms with E-state index in [1.54, 1.807) is 12.1 Å². The van der Waals surface area contributed by atoms with Gasteiger partial charge in [0.2, 0.25) is 0 Å². The van der Waals surface area contributed by atoms with Crippen LogP contribution in [0.4, 0.5) is 0 Å². The Morgan fingerprint density at radius 3 is 2.65 bits per heavy atom. The van der Waals surface area contributed by atoms with Crippen molar-refractivity contribution in [3.63, 3.8) is 0 Å². The van der Waals surface area contributed by atoms with Gasteiger partial charge >= 0.3 is 0 Å². The number of rotatable bonds is 4. The highest BCUT2D eigenvalue weighted by atomic mass is 79.9. The van der Waals surface area contributed by atoms with Crippen molar-refractivity contribution in [3.8, 4) is 0 Å². The van der Waals surface area contributed by atoms with E-state index in [9.17, 15) is 9.90 Å². The molecule has 0 aliphatic carbocycles. The van der Waals surface area contributed by atoms with Gasteiger partial charge in [0.15, 0.2) is 10.4 Å². The largest absolute Gasteiger partial charge is 0.444 e. The third kappa shape index (κ3) is 5.37. The lowest BCUT2D eigenvalue weighted by molar-refractivity contribution is 0.0843. The fourth-order valence-electron chi connectivity index (χ4n) is 1.51. The lowest BCUT2D eigenvalue weighted by atomic mass is 9.89. The molecule has 1 unspecified atom stereocenters. The predicted octanol–water partition coefficient (Wildman–Crippen LogP) is 2.57. The van der Waals surface area contributed by atoms with Crippen LogP contribution in [-0.4, -0.2) is 23.7 Å². The second-order valence-electron chi connectivity index (χ2n) is 5.23. The molecule has 0 aliphatic rings. The zero-order valence-corrected chi connectivity index (χ0v) is 11.9. The molecule has 0 spiro atoms. The summed E-state index contributed by atoms with van der Waals surface area (Å²) in [5.41, 5.74) is 0.0395. The van der Waals surface area contributed by atoms with Crippen LogP contribution in [0, 0.1) is 5.41 Å². The summed E-state index contributed by atoms with van der Waals surface area (Å²) < 4.78 is 5.61. The molecule has 1 aromatic rings. The standard InChI is InChI=1S/C12H18BrNO3/c1-12(2,3)6-8(15)7-14-11(16)9-4-5-10(13)17-9/h4-5,8,15H,6-7H2,1-3H3,(H,14,16). The van der Waals surface area contributed by atoms with Gasteiger partial charge in [-0.1, -0.05) is 20.8 Å². The Bertz CT molecular complexity index is 381. The average molecular weight is 304 g/mol. The molecule has 1 rings (SSSR count). The molecule has 96 valence electrons. The third-order valence-electron chi connectivity index (χ3n) is 2.14. The van der Waals surface area contributed by atoms with Gasteiger partial charge in [-0.05, 0) is 39.9 Å². The minimum atomic E-state index is -0.544. The van der Waals surface area contributed by atoms with E-state index < -0.39 is 6.10 Å². The number of hydrogen-bond donors (Lipinski definition) is 2. The smallest absolute Gasteiger partial charge is 0.287 e. The quantitative estimate of drug-likeness (QED) is 0.898. The third-order valence-corrected chi connectivity index (χ3v) is 2.57. The predicted molar refractivity (Wildman–Crippen MR) is 68.8 cm³/mol. The van der Waals surface area contributed by atoms with E-state index in [0.29, 0.717) is 11.1 Å². The zero-order chi connectivity index (χ0) is 13.1. The number of furan rings is 1. The Morgan fingerprint density at radius 2 is 2.18 bits per heavy atom. The maximum atomic E-state index is 11.6. The van der Waals surface area contributed by atoms with Crippen molar-refractivity contribution >= 4 is 21.8 Å². The highest BCUT2D eigenvalue weighted by molar-refractivity contribution is 9.10. The minimum Gasteiger partial charge on any atom is -0.444 e. The van der Waals surface area contributed by atoms with Crippen molar-refractivity contribution in [2.45, 2.75) is 33.3 Å². The number of aliphatic hydroxyl groups is 1. The number of aliphatic hydroxyl groups excluding tert-OH is 1. The molecule has 0 aliphatic heterocycles. The van der Waals surface area contributed by atoms with Crippen molar-refractivity contribution in [2.75, 3.05) is 6.54 Å². The van der Waals surface area contributed by atoms with Gasteiger partial charge in [-0.25, -0.2) is 0 Å². The van der Waals surface area contributed by atoms with E-state index in [1.807, 2.05) is 20.8 Å². The molecule has 1 atom stereocenters. The highest BCUT2D eigenvalue weighted by Crippen LogP contribution is 2.20. The van der Waals surface area contributed by atoms with Gasteiger partial charge in [-0.3, -0.25) is 4.79 Å². The number of amides is 1. The van der Waals surface area contributed by atoms with Gasteiger partial charge in [0.1, 0.15) is 0 Å². The van der Waals surface area contributed by atoms with E-state index in [-0.39, 0.29) is 23.6 Å². The lowest BCUT2D eigenvalue weighted by Crippen LogP contribution is -2.34. The van der Waals surface area contributed by atoms with Gasteiger partial charge in [0.25, 0.3) is 5.91 Å². The van der Waals surface area contributed by atoms with Crippen LogP contribution in [-0.2, 0) is 0 Å². The molecular weight excluding hydrogens is 286 g/mol. The first-order chi connectivity index (χ1) is 7.78. The summed E-state index contributed by atoms with van der Waals surface area (Å²) in [4.78, 5) is 11.6. The molecule has 0 fully saturated rings. The monoisotopic (exact) mass is 303 g/mol. The molecule has 1 aromatic heterocycles. The fourth-order valence-corrected chi connectivity index (χ4v) is 1.82.